The summed E-state index contributed by atoms with van der Waals surface area (Å²) in [7, 11) is 0. The van der Waals surface area contributed by atoms with Crippen molar-refractivity contribution in [1.82, 2.24) is 9.97 Å². The van der Waals surface area contributed by atoms with E-state index >= 15 is 0 Å². The molecule has 2 heterocycles. The smallest absolute Gasteiger partial charge is 0.231 e. The molecular weight excluding hydrogens is 352 g/mol. The zero-order valence-electron chi connectivity index (χ0n) is 15.9. The number of aryl methyl sites for hydroxylation is 2. The van der Waals surface area contributed by atoms with Crippen LogP contribution in [0.2, 0.25) is 0 Å². The molecule has 1 aliphatic heterocycles. The van der Waals surface area contributed by atoms with Crippen molar-refractivity contribution in [3.05, 3.63) is 71.4 Å². The molecule has 6 nitrogen and oxygen atoms in total. The van der Waals surface area contributed by atoms with E-state index in [1.165, 1.54) is 5.56 Å². The highest BCUT2D eigenvalue weighted by molar-refractivity contribution is 5.47. The van der Waals surface area contributed by atoms with Gasteiger partial charge in [0.1, 0.15) is 5.82 Å². The van der Waals surface area contributed by atoms with Crippen LogP contribution >= 0.6 is 0 Å². The number of hydrogen-bond acceptors (Lipinski definition) is 6. The molecule has 0 amide bonds. The molecule has 1 aliphatic rings. The van der Waals surface area contributed by atoms with E-state index in [2.05, 4.69) is 44.9 Å². The predicted molar refractivity (Wildman–Crippen MR) is 110 cm³/mol. The fraction of sp³-hybridized carbons (Fsp3) is 0.273. The van der Waals surface area contributed by atoms with Crippen molar-refractivity contribution in [2.45, 2.75) is 26.3 Å². The summed E-state index contributed by atoms with van der Waals surface area (Å²) in [5.74, 6) is 3.04. The van der Waals surface area contributed by atoms with E-state index in [1.807, 2.05) is 37.3 Å². The summed E-state index contributed by atoms with van der Waals surface area (Å²) in [5.41, 5.74) is 3.38. The quantitative estimate of drug-likeness (QED) is 0.575. The third-order valence-corrected chi connectivity index (χ3v) is 4.53. The number of aromatic nitrogens is 2. The van der Waals surface area contributed by atoms with Gasteiger partial charge >= 0.3 is 0 Å². The van der Waals surface area contributed by atoms with E-state index in [0.29, 0.717) is 12.5 Å². The SMILES string of the molecule is Cc1cc(NCc2ccc3c(c2)OCO3)nc(NCCCc2ccccc2)n1. The monoisotopic (exact) mass is 376 g/mol. The van der Waals surface area contributed by atoms with Crippen molar-refractivity contribution in [3.63, 3.8) is 0 Å². The molecule has 0 saturated carbocycles. The Morgan fingerprint density at radius 1 is 0.893 bits per heavy atom. The number of anilines is 2. The molecule has 1 aromatic heterocycles. The maximum absolute atomic E-state index is 5.43. The predicted octanol–water partition coefficient (Wildman–Crippen LogP) is 4.17. The molecule has 144 valence electrons. The van der Waals surface area contributed by atoms with Gasteiger partial charge in [-0.1, -0.05) is 36.4 Å². The first-order valence-corrected chi connectivity index (χ1v) is 9.52. The van der Waals surface area contributed by atoms with Crippen LogP contribution in [0.4, 0.5) is 11.8 Å². The van der Waals surface area contributed by atoms with Gasteiger partial charge in [0.05, 0.1) is 0 Å². The van der Waals surface area contributed by atoms with E-state index in [1.54, 1.807) is 0 Å². The number of ether oxygens (including phenoxy) is 2. The van der Waals surface area contributed by atoms with Crippen LogP contribution in [-0.2, 0) is 13.0 Å². The molecule has 4 rings (SSSR count). The van der Waals surface area contributed by atoms with Gasteiger partial charge in [-0.3, -0.25) is 0 Å². The molecule has 3 aromatic rings. The van der Waals surface area contributed by atoms with Crippen LogP contribution in [0.1, 0.15) is 23.2 Å². The fourth-order valence-electron chi connectivity index (χ4n) is 3.12. The lowest BCUT2D eigenvalue weighted by Crippen LogP contribution is -2.09. The Balaban J connectivity index is 1.30. The van der Waals surface area contributed by atoms with Crippen LogP contribution in [0.25, 0.3) is 0 Å². The molecule has 0 atom stereocenters. The first-order chi connectivity index (χ1) is 13.8. The van der Waals surface area contributed by atoms with Gasteiger partial charge in [0.15, 0.2) is 11.5 Å². The highest BCUT2D eigenvalue weighted by Gasteiger charge is 2.13. The molecule has 0 spiro atoms. The van der Waals surface area contributed by atoms with Crippen molar-refractivity contribution < 1.29 is 9.47 Å². The maximum Gasteiger partial charge on any atom is 0.231 e. The second-order valence-electron chi connectivity index (χ2n) is 6.78. The minimum Gasteiger partial charge on any atom is -0.454 e. The molecule has 2 aromatic carbocycles. The van der Waals surface area contributed by atoms with Gasteiger partial charge in [-0.05, 0) is 43.0 Å². The summed E-state index contributed by atoms with van der Waals surface area (Å²) in [5, 5.41) is 6.69. The summed E-state index contributed by atoms with van der Waals surface area (Å²) in [6, 6.07) is 18.4. The molecular formula is C22H24N4O2. The van der Waals surface area contributed by atoms with Gasteiger partial charge in [-0.25, -0.2) is 4.98 Å². The second-order valence-corrected chi connectivity index (χ2v) is 6.78. The van der Waals surface area contributed by atoms with Crippen LogP contribution in [0.15, 0.2) is 54.6 Å². The minimum absolute atomic E-state index is 0.288. The Kier molecular flexibility index (Phi) is 5.56. The van der Waals surface area contributed by atoms with Crippen LogP contribution in [0.5, 0.6) is 11.5 Å². The van der Waals surface area contributed by atoms with Crippen LogP contribution in [-0.4, -0.2) is 23.3 Å². The zero-order chi connectivity index (χ0) is 19.2. The largest absolute Gasteiger partial charge is 0.454 e. The van der Waals surface area contributed by atoms with Crippen molar-refractivity contribution in [2.75, 3.05) is 24.0 Å². The number of rotatable bonds is 8. The van der Waals surface area contributed by atoms with E-state index in [0.717, 1.165) is 48.0 Å². The second kappa shape index (κ2) is 8.61. The van der Waals surface area contributed by atoms with Crippen molar-refractivity contribution in [2.24, 2.45) is 0 Å². The van der Waals surface area contributed by atoms with E-state index in [-0.39, 0.29) is 6.79 Å². The molecule has 0 saturated heterocycles. The number of hydrogen-bond donors (Lipinski definition) is 2. The topological polar surface area (TPSA) is 68.3 Å². The van der Waals surface area contributed by atoms with Gasteiger partial charge in [0.2, 0.25) is 12.7 Å². The van der Waals surface area contributed by atoms with E-state index < -0.39 is 0 Å². The highest BCUT2D eigenvalue weighted by atomic mass is 16.7. The number of benzene rings is 2. The Morgan fingerprint density at radius 2 is 1.75 bits per heavy atom. The molecule has 6 heteroatoms. The van der Waals surface area contributed by atoms with Crippen molar-refractivity contribution in [1.29, 1.82) is 0 Å². The summed E-state index contributed by atoms with van der Waals surface area (Å²) in [4.78, 5) is 9.06. The van der Waals surface area contributed by atoms with Gasteiger partial charge < -0.3 is 20.1 Å². The summed E-state index contributed by atoms with van der Waals surface area (Å²) >= 11 is 0. The Labute approximate surface area is 164 Å². The molecule has 0 fully saturated rings. The summed E-state index contributed by atoms with van der Waals surface area (Å²) in [6.07, 6.45) is 2.07. The van der Waals surface area contributed by atoms with Crippen molar-refractivity contribution >= 4 is 11.8 Å². The number of nitrogens with zero attached hydrogens (tertiary/aromatic N) is 2. The van der Waals surface area contributed by atoms with Gasteiger partial charge in [-0.15, -0.1) is 0 Å². The van der Waals surface area contributed by atoms with Crippen LogP contribution in [0, 0.1) is 6.92 Å². The Hall–Kier alpha value is -3.28. The first kappa shape index (κ1) is 18.1. The number of fused-ring (bicyclic) bond motifs is 1. The maximum atomic E-state index is 5.43. The molecule has 28 heavy (non-hydrogen) atoms. The molecule has 0 aliphatic carbocycles. The molecule has 2 N–H and O–H groups in total. The minimum atomic E-state index is 0.288. The molecule has 0 unspecified atom stereocenters. The lowest BCUT2D eigenvalue weighted by atomic mass is 10.1. The third-order valence-electron chi connectivity index (χ3n) is 4.53. The third kappa shape index (κ3) is 4.71. The lowest BCUT2D eigenvalue weighted by Gasteiger charge is -2.10. The van der Waals surface area contributed by atoms with Crippen LogP contribution < -0.4 is 20.1 Å². The normalized spacial score (nSPS) is 12.0. The zero-order valence-corrected chi connectivity index (χ0v) is 15.9. The summed E-state index contributed by atoms with van der Waals surface area (Å²) in [6.45, 7) is 3.75. The molecule has 0 bridgehead atoms. The van der Waals surface area contributed by atoms with E-state index in [9.17, 15) is 0 Å². The highest BCUT2D eigenvalue weighted by Crippen LogP contribution is 2.32. The van der Waals surface area contributed by atoms with E-state index in [4.69, 9.17) is 9.47 Å². The summed E-state index contributed by atoms with van der Waals surface area (Å²) < 4.78 is 10.8. The number of nitrogens with one attached hydrogen (secondary N) is 2. The van der Waals surface area contributed by atoms with Gasteiger partial charge in [-0.2, -0.15) is 4.98 Å². The average Bonchev–Trinajstić information content (AvgIpc) is 3.18. The average molecular weight is 376 g/mol. The Morgan fingerprint density at radius 3 is 2.64 bits per heavy atom. The van der Waals surface area contributed by atoms with Crippen molar-refractivity contribution in [3.8, 4) is 11.5 Å². The standard InChI is InChI=1S/C22H24N4O2/c1-16-12-21(24-14-18-9-10-19-20(13-18)28-15-27-19)26-22(25-16)23-11-5-8-17-6-3-2-4-7-17/h2-4,6-7,9-10,12-13H,5,8,11,14-15H2,1H3,(H2,23,24,25,26). The molecule has 0 radical (unpaired) electrons. The van der Waals surface area contributed by atoms with Gasteiger partial charge in [0.25, 0.3) is 0 Å². The fourth-order valence-corrected chi connectivity index (χ4v) is 3.12. The first-order valence-electron chi connectivity index (χ1n) is 9.52. The lowest BCUT2D eigenvalue weighted by molar-refractivity contribution is 0.174. The Bertz CT molecular complexity index is 931. The van der Waals surface area contributed by atoms with Crippen LogP contribution in [0.3, 0.4) is 0 Å². The van der Waals surface area contributed by atoms with Gasteiger partial charge in [0, 0.05) is 24.8 Å².